The molecule has 30 heteroatoms. The number of aliphatic hydroxyl groups excluding tert-OH is 7. The molecule has 109 heavy (non-hydrogen) atoms. The second-order valence-electron chi connectivity index (χ2n) is 28.7. The van der Waals surface area contributed by atoms with Crippen molar-refractivity contribution >= 4 is 42.4 Å². The van der Waals surface area contributed by atoms with E-state index in [1.165, 1.54) is 66.5 Å². The summed E-state index contributed by atoms with van der Waals surface area (Å²) in [6.07, 6.45) is 5.43. The second kappa shape index (κ2) is 47.5. The Hall–Kier alpha value is -5.17. The molecular formula is C79H110N2Na2O26. The number of aliphatic carboxylic acids is 2. The zero-order valence-corrected chi connectivity index (χ0v) is 69.5. The van der Waals surface area contributed by atoms with Crippen LogP contribution in [0.15, 0.2) is 148 Å². The van der Waals surface area contributed by atoms with Gasteiger partial charge in [-0.2, -0.15) is 0 Å². The minimum Gasteiger partial charge on any atom is -0.547 e. The molecule has 1 aromatic rings. The van der Waals surface area contributed by atoms with Gasteiger partial charge in [0.05, 0.1) is 61.5 Å². The zero-order chi connectivity index (χ0) is 79.6. The van der Waals surface area contributed by atoms with Gasteiger partial charge in [-0.25, -0.2) is 14.4 Å². The molecule has 4 fully saturated rings. The van der Waals surface area contributed by atoms with Gasteiger partial charge >= 0.3 is 77.0 Å². The summed E-state index contributed by atoms with van der Waals surface area (Å²) in [6.45, 7) is 23.3. The zero-order valence-electron chi connectivity index (χ0n) is 65.5. The quantitative estimate of drug-likeness (QED) is 0.00994. The van der Waals surface area contributed by atoms with Gasteiger partial charge in [-0.1, -0.05) is 129 Å². The minimum atomic E-state index is -1.79. The average molecular weight is 1550 g/mol. The van der Waals surface area contributed by atoms with Gasteiger partial charge in [0.2, 0.25) is 0 Å². The number of ether oxygens (including phenoxy) is 10. The topological polar surface area (TPSA) is 424 Å². The Labute approximate surface area is 682 Å². The van der Waals surface area contributed by atoms with E-state index in [0.717, 1.165) is 31.8 Å². The van der Waals surface area contributed by atoms with Crippen LogP contribution in [0.25, 0.3) is 0 Å². The molecular weight excluding hydrogens is 1440 g/mol. The number of carbonyl (C=O) groups is 7. The van der Waals surface area contributed by atoms with Crippen LogP contribution in [-0.4, -0.2) is 241 Å². The normalized spacial score (nSPS) is 31.7. The predicted molar refractivity (Wildman–Crippen MR) is 386 cm³/mol. The van der Waals surface area contributed by atoms with Crippen molar-refractivity contribution in [3.8, 4) is 0 Å². The standard InChI is InChI=1S/C36H53NO12.C27H32O3.C16H27NO11.2Na/c1-20(13-14-24-22(3)12-9-15-36(24,5)6)10-8-11-21(2)18-26(39)46-19-25-28(40)31(27(23(4)47-25)37-16-17-38)48-35-30(42)29(41)32(45-7)33(49-35)34(43)44;1-20(16-17-24-22(3)13-10-18-27(24,4)5)11-9-12-21(2)19-25(28)30-26(29)23-14-7-6-8-15-23;1-6-8(17-3-4-18)12(9(20)7(5-19)26-6)27-16-11(22)10(21)13(25-2)14(28-16)15(23)24;;/h8,10-11,13-14,17-18,23,25,27-33,35,37,40-42H,9,12,15-16,19H2,1-7H3,(H,43,44);6-9,11-12,14-17,19H,10,13,18H2,1-5H3;4,6-14,16-17,19-22H,3,5H2,1-2H3,(H,23,24);;/q;;;2*+1/p-2/b11-8+,14-13+,20-10+,21-18+;12-9+,17-16+,20-11+,21-19+;;;. The van der Waals surface area contributed by atoms with Gasteiger partial charge in [-0.05, 0) is 139 Å². The van der Waals surface area contributed by atoms with E-state index in [4.69, 9.17) is 47.4 Å². The van der Waals surface area contributed by atoms with E-state index in [1.807, 2.05) is 37.3 Å². The van der Waals surface area contributed by atoms with Gasteiger partial charge in [0.25, 0.3) is 0 Å². The molecule has 9 N–H and O–H groups in total. The van der Waals surface area contributed by atoms with Crippen molar-refractivity contribution in [2.45, 2.75) is 244 Å². The summed E-state index contributed by atoms with van der Waals surface area (Å²) in [5, 5.41) is 101. The summed E-state index contributed by atoms with van der Waals surface area (Å²) >= 11 is 0. The van der Waals surface area contributed by atoms with Crippen LogP contribution in [-0.2, 0) is 76.1 Å². The van der Waals surface area contributed by atoms with E-state index in [0.29, 0.717) is 29.3 Å². The summed E-state index contributed by atoms with van der Waals surface area (Å²) in [6, 6.07) is 6.85. The van der Waals surface area contributed by atoms with Gasteiger partial charge in [0, 0.05) is 26.4 Å². The van der Waals surface area contributed by atoms with Crippen LogP contribution in [0.5, 0.6) is 0 Å². The summed E-state index contributed by atoms with van der Waals surface area (Å²) in [5.74, 6) is -5.39. The van der Waals surface area contributed by atoms with E-state index in [-0.39, 0.29) is 89.6 Å². The van der Waals surface area contributed by atoms with Crippen LogP contribution < -0.4 is 80.0 Å². The molecule has 4 heterocycles. The van der Waals surface area contributed by atoms with Crippen LogP contribution in [0.1, 0.15) is 132 Å². The molecule has 0 bridgehead atoms. The summed E-state index contributed by atoms with van der Waals surface area (Å²) in [4.78, 5) is 81.3. The Bertz CT molecular complexity index is 3470. The molecule has 0 amide bonds. The molecule has 6 aliphatic rings. The predicted octanol–water partition coefficient (Wildman–Crippen LogP) is -3.25. The van der Waals surface area contributed by atoms with E-state index >= 15 is 0 Å². The number of nitrogens with one attached hydrogen (secondary N) is 2. The number of aldehydes is 2. The van der Waals surface area contributed by atoms with E-state index in [2.05, 4.69) is 83.4 Å². The van der Waals surface area contributed by atoms with Gasteiger partial charge in [0.15, 0.2) is 12.6 Å². The van der Waals surface area contributed by atoms with Crippen molar-refractivity contribution in [3.05, 3.63) is 153 Å². The first-order chi connectivity index (χ1) is 50.5. The van der Waals surface area contributed by atoms with Crippen molar-refractivity contribution in [2.75, 3.05) is 40.5 Å². The largest absolute Gasteiger partial charge is 1.00 e. The van der Waals surface area contributed by atoms with Crippen LogP contribution >= 0.6 is 0 Å². The molecule has 4 saturated heterocycles. The molecule has 0 spiro atoms. The van der Waals surface area contributed by atoms with Crippen molar-refractivity contribution in [3.63, 3.8) is 0 Å². The maximum Gasteiger partial charge on any atom is 1.00 e. The first kappa shape index (κ1) is 98.0. The van der Waals surface area contributed by atoms with Gasteiger partial charge in [-0.15, -0.1) is 0 Å². The molecule has 20 atom stereocenters. The third-order valence-corrected chi connectivity index (χ3v) is 19.5. The number of esters is 3. The maximum absolute atomic E-state index is 12.7. The molecule has 20 unspecified atom stereocenters. The monoisotopic (exact) mass is 1550 g/mol. The van der Waals surface area contributed by atoms with Gasteiger partial charge < -0.3 is 123 Å². The third-order valence-electron chi connectivity index (χ3n) is 19.5. The van der Waals surface area contributed by atoms with Crippen LogP contribution in [0.3, 0.4) is 0 Å². The second-order valence-corrected chi connectivity index (χ2v) is 28.7. The number of allylic oxidation sites excluding steroid dienone is 18. The first-order valence-corrected chi connectivity index (χ1v) is 35.8. The van der Waals surface area contributed by atoms with E-state index in [9.17, 15) is 79.5 Å². The molecule has 594 valence electrons. The summed E-state index contributed by atoms with van der Waals surface area (Å²) < 4.78 is 53.5. The summed E-state index contributed by atoms with van der Waals surface area (Å²) in [5.41, 5.74) is 9.97. The molecule has 0 radical (unpaired) electrons. The SMILES string of the molecule is CC1=C(/C=C/C(C)=C/C=C/C(C)=C/C(=O)OC(=O)c2ccccc2)C(C)(C)CCC1.COC1C(C(=O)[O-])OC(OC2C(O)C(CO)OC(C)C2NCC=O)C(O)C1O.COC1C(C(=O)[O-])OC(OC2C(O)C(COC(=O)/C=C(C)/C=C/C=C(C)/C=C/C3=C(C)CCCC3(C)C)OC(C)C2NCC=O)C(O)C1O.[Na+].[Na+]. The molecule has 4 aliphatic heterocycles. The molecule has 7 rings (SSSR count). The first-order valence-electron chi connectivity index (χ1n) is 35.8. The van der Waals surface area contributed by atoms with Crippen molar-refractivity contribution in [1.82, 2.24) is 10.6 Å². The number of hydrogen-bond acceptors (Lipinski definition) is 28. The molecule has 0 aromatic heterocycles. The number of carboxylic acid groups (broad SMARTS) is 2. The molecule has 2 aliphatic carbocycles. The maximum atomic E-state index is 12.7. The Morgan fingerprint density at radius 1 is 0.560 bits per heavy atom. The van der Waals surface area contributed by atoms with Crippen LogP contribution in [0, 0.1) is 10.8 Å². The van der Waals surface area contributed by atoms with Crippen molar-refractivity contribution in [1.29, 1.82) is 0 Å². The van der Waals surface area contributed by atoms with E-state index in [1.54, 1.807) is 64.1 Å². The Morgan fingerprint density at radius 2 is 0.963 bits per heavy atom. The number of rotatable bonds is 28. The number of carboxylic acids is 2. The number of hydrogen-bond donors (Lipinski definition) is 9. The Kier molecular flexibility index (Phi) is 42.7. The van der Waals surface area contributed by atoms with Gasteiger partial charge in [0.1, 0.15) is 105 Å². The molecule has 1 aromatic carbocycles. The van der Waals surface area contributed by atoms with Crippen molar-refractivity contribution < 1.29 is 186 Å². The fourth-order valence-corrected chi connectivity index (χ4v) is 13.6. The molecule has 0 saturated carbocycles. The number of benzene rings is 1. The fourth-order valence-electron chi connectivity index (χ4n) is 13.6. The number of carbonyl (C=O) groups excluding carboxylic acids is 7. The Balaban J connectivity index is 0.000000444. The van der Waals surface area contributed by atoms with Crippen LogP contribution in [0.2, 0.25) is 0 Å². The van der Waals surface area contributed by atoms with Gasteiger partial charge in [-0.3, -0.25) is 0 Å². The Morgan fingerprint density at radius 3 is 1.35 bits per heavy atom. The number of methoxy groups -OCH3 is 2. The number of aliphatic hydroxyl groups is 7. The summed E-state index contributed by atoms with van der Waals surface area (Å²) in [7, 11) is 2.27. The average Bonchev–Trinajstić information content (AvgIpc) is 0.789. The minimum absolute atomic E-state index is 0. The van der Waals surface area contributed by atoms with E-state index < -0.39 is 159 Å². The third kappa shape index (κ3) is 29.0. The fraction of sp³-hybridized carbons (Fsp3) is 0.582. The smallest absolute Gasteiger partial charge is 0.547 e. The van der Waals surface area contributed by atoms with Crippen LogP contribution in [0.4, 0.5) is 0 Å². The molecule has 28 nitrogen and oxygen atoms in total. The van der Waals surface area contributed by atoms with Crippen molar-refractivity contribution in [2.24, 2.45) is 10.8 Å².